The maximum absolute atomic E-state index is 5.99. The molecule has 94 valence electrons. The molecule has 0 aromatic rings. The van der Waals surface area contributed by atoms with Crippen LogP contribution >= 0.6 is 0 Å². The molecule has 0 amide bonds. The van der Waals surface area contributed by atoms with Crippen LogP contribution in [0.4, 0.5) is 0 Å². The molecule has 0 saturated carbocycles. The van der Waals surface area contributed by atoms with E-state index in [1.165, 1.54) is 6.54 Å². The molecule has 5 unspecified atom stereocenters. The SMILES string of the molecule is CC1C(C)N2CCN1CC2OCCN(C)C. The predicted octanol–water partition coefficient (Wildman–Crippen LogP) is 0.299. The average molecular weight is 227 g/mol. The fourth-order valence-corrected chi connectivity index (χ4v) is 2.72. The standard InChI is InChI=1S/C12H25N3O/c1-10-11(2)15-6-5-14(10)9-12(15)16-8-7-13(3)4/h10-12H,5-9H2,1-4H3. The van der Waals surface area contributed by atoms with Crippen LogP contribution in [-0.4, -0.2) is 79.9 Å². The lowest BCUT2D eigenvalue weighted by molar-refractivity contribution is -0.171. The summed E-state index contributed by atoms with van der Waals surface area (Å²) in [6.07, 6.45) is 0.319. The molecule has 5 atom stereocenters. The first-order valence-corrected chi connectivity index (χ1v) is 6.35. The summed E-state index contributed by atoms with van der Waals surface area (Å²) < 4.78 is 5.99. The van der Waals surface area contributed by atoms with E-state index in [1.807, 2.05) is 0 Å². The van der Waals surface area contributed by atoms with Crippen molar-refractivity contribution in [1.82, 2.24) is 14.7 Å². The van der Waals surface area contributed by atoms with E-state index < -0.39 is 0 Å². The third kappa shape index (κ3) is 2.40. The lowest BCUT2D eigenvalue weighted by atomic mass is 10.00. The van der Waals surface area contributed by atoms with Gasteiger partial charge >= 0.3 is 0 Å². The molecule has 16 heavy (non-hydrogen) atoms. The van der Waals surface area contributed by atoms with Crippen molar-refractivity contribution in [2.45, 2.75) is 32.2 Å². The first-order chi connectivity index (χ1) is 7.59. The highest BCUT2D eigenvalue weighted by Crippen LogP contribution is 2.26. The summed E-state index contributed by atoms with van der Waals surface area (Å²) in [6.45, 7) is 9.94. The summed E-state index contributed by atoms with van der Waals surface area (Å²) in [6, 6.07) is 1.31. The number of nitrogens with zero attached hydrogens (tertiary/aromatic N) is 3. The summed E-state index contributed by atoms with van der Waals surface area (Å²) in [5, 5.41) is 0. The van der Waals surface area contributed by atoms with E-state index in [4.69, 9.17) is 4.74 Å². The molecule has 3 fully saturated rings. The minimum absolute atomic E-state index is 0.319. The smallest absolute Gasteiger partial charge is 0.123 e. The maximum Gasteiger partial charge on any atom is 0.123 e. The zero-order chi connectivity index (χ0) is 11.7. The van der Waals surface area contributed by atoms with Crippen molar-refractivity contribution in [2.24, 2.45) is 0 Å². The molecule has 0 aliphatic carbocycles. The number of likely N-dealkylation sites (N-methyl/N-ethyl adjacent to an activating group) is 1. The van der Waals surface area contributed by atoms with Gasteiger partial charge in [-0.25, -0.2) is 0 Å². The number of rotatable bonds is 4. The maximum atomic E-state index is 5.99. The molecule has 3 rings (SSSR count). The largest absolute Gasteiger partial charge is 0.360 e. The van der Waals surface area contributed by atoms with E-state index in [-0.39, 0.29) is 0 Å². The van der Waals surface area contributed by atoms with Crippen LogP contribution in [0, 0.1) is 0 Å². The van der Waals surface area contributed by atoms with Gasteiger partial charge in [-0.2, -0.15) is 0 Å². The molecule has 0 radical (unpaired) electrons. The molecule has 2 bridgehead atoms. The Balaban J connectivity index is 1.84. The number of ether oxygens (including phenoxy) is 1. The van der Waals surface area contributed by atoms with Crippen molar-refractivity contribution in [3.05, 3.63) is 0 Å². The average Bonchev–Trinajstić information content (AvgIpc) is 2.24. The zero-order valence-electron chi connectivity index (χ0n) is 11.0. The van der Waals surface area contributed by atoms with Crippen molar-refractivity contribution >= 4 is 0 Å². The second kappa shape index (κ2) is 5.00. The summed E-state index contributed by atoms with van der Waals surface area (Å²) >= 11 is 0. The van der Waals surface area contributed by atoms with Gasteiger partial charge in [0.15, 0.2) is 0 Å². The molecule has 3 saturated heterocycles. The highest BCUT2D eigenvalue weighted by molar-refractivity contribution is 4.94. The molecule has 0 spiro atoms. The van der Waals surface area contributed by atoms with Crippen molar-refractivity contribution in [1.29, 1.82) is 0 Å². The van der Waals surface area contributed by atoms with E-state index >= 15 is 0 Å². The predicted molar refractivity (Wildman–Crippen MR) is 65.5 cm³/mol. The van der Waals surface area contributed by atoms with Gasteiger partial charge in [-0.15, -0.1) is 0 Å². The minimum Gasteiger partial charge on any atom is -0.360 e. The Hall–Kier alpha value is -0.160. The van der Waals surface area contributed by atoms with E-state index in [2.05, 4.69) is 42.6 Å². The number of hydrogen-bond donors (Lipinski definition) is 0. The summed E-state index contributed by atoms with van der Waals surface area (Å²) in [4.78, 5) is 7.26. The van der Waals surface area contributed by atoms with Crippen LogP contribution in [0.3, 0.4) is 0 Å². The molecule has 0 aromatic heterocycles. The monoisotopic (exact) mass is 227 g/mol. The van der Waals surface area contributed by atoms with Crippen LogP contribution in [-0.2, 0) is 4.74 Å². The van der Waals surface area contributed by atoms with Crippen molar-refractivity contribution in [3.63, 3.8) is 0 Å². The molecule has 3 heterocycles. The van der Waals surface area contributed by atoms with Gasteiger partial charge in [0.2, 0.25) is 0 Å². The molecule has 3 aliphatic rings. The fourth-order valence-electron chi connectivity index (χ4n) is 2.72. The molecule has 4 heteroatoms. The van der Waals surface area contributed by atoms with Crippen LogP contribution in [0.2, 0.25) is 0 Å². The topological polar surface area (TPSA) is 19.0 Å². The van der Waals surface area contributed by atoms with Gasteiger partial charge in [-0.1, -0.05) is 0 Å². The molecule has 4 nitrogen and oxygen atoms in total. The van der Waals surface area contributed by atoms with E-state index in [0.717, 1.165) is 26.2 Å². The Bertz CT molecular complexity index is 232. The van der Waals surface area contributed by atoms with E-state index in [0.29, 0.717) is 18.3 Å². The molecule has 0 N–H and O–H groups in total. The Morgan fingerprint density at radius 1 is 1.19 bits per heavy atom. The molecule has 0 aromatic carbocycles. The Kier molecular flexibility index (Phi) is 3.85. The Morgan fingerprint density at radius 2 is 1.94 bits per heavy atom. The lowest BCUT2D eigenvalue weighted by Gasteiger charge is -2.54. The van der Waals surface area contributed by atoms with Gasteiger partial charge in [0, 0.05) is 38.3 Å². The third-order valence-electron chi connectivity index (χ3n) is 4.05. The van der Waals surface area contributed by atoms with Crippen LogP contribution in [0.15, 0.2) is 0 Å². The molecular weight excluding hydrogens is 202 g/mol. The number of piperazine rings is 3. The molecule has 3 aliphatic heterocycles. The van der Waals surface area contributed by atoms with Crippen molar-refractivity contribution < 1.29 is 4.74 Å². The second-order valence-electron chi connectivity index (χ2n) is 5.34. The first-order valence-electron chi connectivity index (χ1n) is 6.35. The van der Waals surface area contributed by atoms with Gasteiger partial charge in [0.25, 0.3) is 0 Å². The lowest BCUT2D eigenvalue weighted by Crippen LogP contribution is -2.69. The summed E-state index contributed by atoms with van der Waals surface area (Å²) in [7, 11) is 4.18. The number of fused-ring (bicyclic) bond motifs is 3. The Labute approximate surface area is 99.1 Å². The summed E-state index contributed by atoms with van der Waals surface area (Å²) in [5.74, 6) is 0. The van der Waals surface area contributed by atoms with Gasteiger partial charge in [-0.3, -0.25) is 9.80 Å². The van der Waals surface area contributed by atoms with Gasteiger partial charge in [-0.05, 0) is 27.9 Å². The van der Waals surface area contributed by atoms with Crippen LogP contribution in [0.1, 0.15) is 13.8 Å². The van der Waals surface area contributed by atoms with Gasteiger partial charge in [0.1, 0.15) is 6.23 Å². The number of hydrogen-bond acceptors (Lipinski definition) is 4. The third-order valence-corrected chi connectivity index (χ3v) is 4.05. The van der Waals surface area contributed by atoms with Crippen LogP contribution in [0.25, 0.3) is 0 Å². The van der Waals surface area contributed by atoms with E-state index in [1.54, 1.807) is 0 Å². The summed E-state index contributed by atoms with van der Waals surface area (Å²) in [5.41, 5.74) is 0. The van der Waals surface area contributed by atoms with Crippen LogP contribution < -0.4 is 0 Å². The normalized spacial score (nSPS) is 42.9. The van der Waals surface area contributed by atoms with Gasteiger partial charge in [0.05, 0.1) is 6.61 Å². The van der Waals surface area contributed by atoms with E-state index in [9.17, 15) is 0 Å². The van der Waals surface area contributed by atoms with Gasteiger partial charge < -0.3 is 9.64 Å². The molecular formula is C12H25N3O. The van der Waals surface area contributed by atoms with Crippen molar-refractivity contribution in [2.75, 3.05) is 46.9 Å². The highest BCUT2D eigenvalue weighted by atomic mass is 16.5. The Morgan fingerprint density at radius 3 is 2.56 bits per heavy atom. The fraction of sp³-hybridized carbons (Fsp3) is 1.00. The van der Waals surface area contributed by atoms with Crippen molar-refractivity contribution in [3.8, 4) is 0 Å². The highest BCUT2D eigenvalue weighted by Gasteiger charge is 2.41. The quantitative estimate of drug-likeness (QED) is 0.687. The van der Waals surface area contributed by atoms with Crippen LogP contribution in [0.5, 0.6) is 0 Å². The zero-order valence-corrected chi connectivity index (χ0v) is 11.0. The minimum atomic E-state index is 0.319. The second-order valence-corrected chi connectivity index (χ2v) is 5.34. The first kappa shape index (κ1) is 12.3.